The normalized spacial score (nSPS) is 19.2. The number of ether oxygens (including phenoxy) is 6. The third-order valence-corrected chi connectivity index (χ3v) is 10.6. The first-order valence-electron chi connectivity index (χ1n) is 19.7. The van der Waals surface area contributed by atoms with Crippen LogP contribution in [0, 0.1) is 0 Å². The number of aromatic hydroxyl groups is 2. The Morgan fingerprint density at radius 1 is 0.552 bits per heavy atom. The van der Waals surface area contributed by atoms with Gasteiger partial charge in [-0.15, -0.1) is 0 Å². The molecule has 2 N–H and O–H groups in total. The lowest BCUT2D eigenvalue weighted by molar-refractivity contribution is -0.275. The average molecular weight is 801 g/mol. The number of phenolic OH excluding ortho intramolecular Hbond substituents is 2. The van der Waals surface area contributed by atoms with Gasteiger partial charge in [-0.1, -0.05) is 145 Å². The smallest absolute Gasteiger partial charge is 0.177 e. The van der Waals surface area contributed by atoms with Crippen LogP contribution in [-0.2, 0) is 56.5 Å². The van der Waals surface area contributed by atoms with Gasteiger partial charge in [-0.3, -0.25) is 0 Å². The number of rotatable bonds is 18. The van der Waals surface area contributed by atoms with Crippen LogP contribution in [0.2, 0.25) is 5.02 Å². The Balaban J connectivity index is 1.29. The highest BCUT2D eigenvalue weighted by atomic mass is 35.5. The van der Waals surface area contributed by atoms with E-state index < -0.39 is 42.0 Å². The molecule has 0 bridgehead atoms. The standard InChI is InChI=1S/C49H49ClO8/c1-2-54-40-25-23-34(24-26-40)27-39-28-41(44(51)45(52)43(39)50)46-48(56-31-37-19-11-5-12-20-37)49(57-32-38-21-13-6-14-22-38)47(55-30-36-17-9-4-10-18-36)42(58-46)33-53-29-35-15-7-3-8-16-35/h3-26,28,42,46-49,51-52H,2,27,29-33H2,1H3. The first-order chi connectivity index (χ1) is 28.5. The van der Waals surface area contributed by atoms with E-state index in [1.54, 1.807) is 6.07 Å². The number of phenols is 2. The van der Waals surface area contributed by atoms with Crippen LogP contribution < -0.4 is 4.74 Å². The van der Waals surface area contributed by atoms with Crippen LogP contribution in [0.25, 0.3) is 0 Å². The molecule has 1 aliphatic rings. The Morgan fingerprint density at radius 2 is 1.03 bits per heavy atom. The van der Waals surface area contributed by atoms with Crippen molar-refractivity contribution in [2.45, 2.75) is 70.3 Å². The third-order valence-electron chi connectivity index (χ3n) is 10.1. The van der Waals surface area contributed by atoms with Crippen LogP contribution in [0.15, 0.2) is 152 Å². The van der Waals surface area contributed by atoms with Crippen molar-refractivity contribution in [3.8, 4) is 17.2 Å². The van der Waals surface area contributed by atoms with Gasteiger partial charge in [0.05, 0.1) is 44.7 Å². The lowest BCUT2D eigenvalue weighted by Gasteiger charge is -2.46. The van der Waals surface area contributed by atoms with Gasteiger partial charge >= 0.3 is 0 Å². The molecule has 6 aromatic rings. The summed E-state index contributed by atoms with van der Waals surface area (Å²) in [6.07, 6.45) is -3.52. The number of benzene rings is 6. The largest absolute Gasteiger partial charge is 0.504 e. The zero-order valence-electron chi connectivity index (χ0n) is 32.5. The highest BCUT2D eigenvalue weighted by Gasteiger charge is 2.50. The summed E-state index contributed by atoms with van der Waals surface area (Å²) in [7, 11) is 0. The molecule has 1 heterocycles. The highest BCUT2D eigenvalue weighted by molar-refractivity contribution is 6.33. The maximum atomic E-state index is 11.8. The fourth-order valence-electron chi connectivity index (χ4n) is 7.19. The molecule has 5 unspecified atom stereocenters. The molecular weight excluding hydrogens is 752 g/mol. The van der Waals surface area contributed by atoms with Crippen molar-refractivity contribution in [3.63, 3.8) is 0 Å². The van der Waals surface area contributed by atoms with Crippen molar-refractivity contribution in [3.05, 3.63) is 196 Å². The van der Waals surface area contributed by atoms with E-state index in [2.05, 4.69) is 0 Å². The molecule has 0 aromatic heterocycles. The summed E-state index contributed by atoms with van der Waals surface area (Å²) in [5.41, 5.74) is 5.75. The third kappa shape index (κ3) is 10.6. The topological polar surface area (TPSA) is 95.8 Å². The molecule has 1 fully saturated rings. The SMILES string of the molecule is CCOc1ccc(Cc2cc(C3OC(COCc4ccccc4)C(OCc4ccccc4)C(OCc4ccccc4)C3OCc3ccccc3)c(O)c(O)c2Cl)cc1. The second-order valence-corrected chi connectivity index (χ2v) is 14.6. The van der Waals surface area contributed by atoms with Crippen LogP contribution in [0.1, 0.15) is 52.0 Å². The van der Waals surface area contributed by atoms with Gasteiger partial charge in [-0.05, 0) is 64.9 Å². The Hall–Kier alpha value is -5.19. The minimum atomic E-state index is -0.950. The van der Waals surface area contributed by atoms with Crippen molar-refractivity contribution in [2.75, 3.05) is 13.2 Å². The zero-order valence-corrected chi connectivity index (χ0v) is 33.2. The Kier molecular flexibility index (Phi) is 14.5. The number of hydrogen-bond donors (Lipinski definition) is 2. The molecule has 0 radical (unpaired) electrons. The molecule has 6 aromatic carbocycles. The van der Waals surface area contributed by atoms with E-state index in [0.29, 0.717) is 30.8 Å². The quantitative estimate of drug-likeness (QED) is 0.0830. The van der Waals surface area contributed by atoms with E-state index in [4.69, 9.17) is 40.0 Å². The maximum absolute atomic E-state index is 11.8. The van der Waals surface area contributed by atoms with E-state index in [-0.39, 0.29) is 31.5 Å². The minimum Gasteiger partial charge on any atom is -0.504 e. The predicted molar refractivity (Wildman–Crippen MR) is 224 cm³/mol. The van der Waals surface area contributed by atoms with Crippen molar-refractivity contribution in [1.82, 2.24) is 0 Å². The van der Waals surface area contributed by atoms with Crippen LogP contribution in [0.4, 0.5) is 0 Å². The monoisotopic (exact) mass is 800 g/mol. The fraction of sp³-hybridized carbons (Fsp3) is 0.265. The van der Waals surface area contributed by atoms with E-state index in [0.717, 1.165) is 33.6 Å². The molecule has 7 rings (SSSR count). The summed E-state index contributed by atoms with van der Waals surface area (Å²) in [5, 5.41) is 23.2. The van der Waals surface area contributed by atoms with Crippen LogP contribution in [0.3, 0.4) is 0 Å². The first-order valence-corrected chi connectivity index (χ1v) is 20.0. The zero-order chi connectivity index (χ0) is 40.1. The molecule has 58 heavy (non-hydrogen) atoms. The van der Waals surface area contributed by atoms with Crippen molar-refractivity contribution < 1.29 is 38.6 Å². The Bertz CT molecular complexity index is 2140. The summed E-state index contributed by atoms with van der Waals surface area (Å²) in [6, 6.07) is 49.1. The molecule has 1 saturated heterocycles. The summed E-state index contributed by atoms with van der Waals surface area (Å²) >= 11 is 6.77. The molecule has 0 amide bonds. The molecule has 5 atom stereocenters. The lowest BCUT2D eigenvalue weighted by atomic mass is 9.88. The maximum Gasteiger partial charge on any atom is 0.177 e. The van der Waals surface area contributed by atoms with Gasteiger partial charge in [0.25, 0.3) is 0 Å². The van der Waals surface area contributed by atoms with Gasteiger partial charge in [0, 0.05) is 5.56 Å². The molecule has 300 valence electrons. The van der Waals surface area contributed by atoms with Crippen LogP contribution >= 0.6 is 11.6 Å². The molecule has 8 nitrogen and oxygen atoms in total. The molecule has 1 aliphatic heterocycles. The van der Waals surface area contributed by atoms with Gasteiger partial charge in [-0.2, -0.15) is 0 Å². The van der Waals surface area contributed by atoms with Gasteiger partial charge in [-0.25, -0.2) is 0 Å². The number of halogens is 1. The summed E-state index contributed by atoms with van der Waals surface area (Å²) in [5.74, 6) is -0.0773. The van der Waals surface area contributed by atoms with E-state index in [1.165, 1.54) is 0 Å². The van der Waals surface area contributed by atoms with E-state index >= 15 is 0 Å². The Labute approximate surface area is 345 Å². The fourth-order valence-corrected chi connectivity index (χ4v) is 7.40. The van der Waals surface area contributed by atoms with Crippen molar-refractivity contribution >= 4 is 11.6 Å². The van der Waals surface area contributed by atoms with Crippen LogP contribution in [0.5, 0.6) is 17.2 Å². The Morgan fingerprint density at radius 3 is 1.55 bits per heavy atom. The van der Waals surface area contributed by atoms with Gasteiger partial charge in [0.15, 0.2) is 11.5 Å². The lowest BCUT2D eigenvalue weighted by Crippen LogP contribution is -2.58. The molecule has 0 saturated carbocycles. The summed E-state index contributed by atoms with van der Waals surface area (Å²) in [6.45, 7) is 3.74. The average Bonchev–Trinajstić information content (AvgIpc) is 3.27. The first kappa shape index (κ1) is 41.0. The van der Waals surface area contributed by atoms with Crippen molar-refractivity contribution in [2.24, 2.45) is 0 Å². The summed E-state index contributed by atoms with van der Waals surface area (Å²) in [4.78, 5) is 0. The van der Waals surface area contributed by atoms with Gasteiger partial charge in [0.1, 0.15) is 36.3 Å². The van der Waals surface area contributed by atoms with Crippen molar-refractivity contribution in [1.29, 1.82) is 0 Å². The molecule has 0 spiro atoms. The minimum absolute atomic E-state index is 0.0522. The second-order valence-electron chi connectivity index (χ2n) is 14.3. The highest BCUT2D eigenvalue weighted by Crippen LogP contribution is 2.47. The van der Waals surface area contributed by atoms with Crippen LogP contribution in [-0.4, -0.2) is 47.8 Å². The second kappa shape index (κ2) is 20.5. The van der Waals surface area contributed by atoms with Gasteiger partial charge < -0.3 is 38.6 Å². The van der Waals surface area contributed by atoms with E-state index in [9.17, 15) is 10.2 Å². The predicted octanol–water partition coefficient (Wildman–Crippen LogP) is 10.2. The molecular formula is C49H49ClO8. The van der Waals surface area contributed by atoms with E-state index in [1.807, 2.05) is 153 Å². The summed E-state index contributed by atoms with van der Waals surface area (Å²) < 4.78 is 39.6. The van der Waals surface area contributed by atoms with Gasteiger partial charge in [0.2, 0.25) is 0 Å². The molecule has 9 heteroatoms. The molecule has 0 aliphatic carbocycles. The number of hydrogen-bond acceptors (Lipinski definition) is 8.